The molecular weight excluding hydrogens is 260 g/mol. The molecule has 0 saturated heterocycles. The molecule has 1 amide bonds. The van der Waals surface area contributed by atoms with E-state index in [2.05, 4.69) is 15.5 Å². The number of amides is 1. The SMILES string of the molecule is COc1cccc(CNc2ccc(C(N)=O)nn2)c1O. The average Bonchev–Trinajstić information content (AvgIpc) is 2.46. The van der Waals surface area contributed by atoms with Crippen molar-refractivity contribution in [3.05, 3.63) is 41.6 Å². The van der Waals surface area contributed by atoms with E-state index in [4.69, 9.17) is 10.5 Å². The minimum absolute atomic E-state index is 0.0733. The van der Waals surface area contributed by atoms with E-state index in [9.17, 15) is 9.90 Å². The molecule has 7 nitrogen and oxygen atoms in total. The highest BCUT2D eigenvalue weighted by Crippen LogP contribution is 2.29. The van der Waals surface area contributed by atoms with Gasteiger partial charge in [0.2, 0.25) is 0 Å². The number of rotatable bonds is 5. The van der Waals surface area contributed by atoms with Crippen LogP contribution in [-0.2, 0) is 6.54 Å². The Bertz CT molecular complexity index is 614. The van der Waals surface area contributed by atoms with Crippen LogP contribution < -0.4 is 15.8 Å². The smallest absolute Gasteiger partial charge is 0.269 e. The first-order valence-corrected chi connectivity index (χ1v) is 5.84. The highest BCUT2D eigenvalue weighted by atomic mass is 16.5. The molecule has 4 N–H and O–H groups in total. The summed E-state index contributed by atoms with van der Waals surface area (Å²) in [6.45, 7) is 0.341. The van der Waals surface area contributed by atoms with Crippen molar-refractivity contribution in [2.75, 3.05) is 12.4 Å². The van der Waals surface area contributed by atoms with Gasteiger partial charge in [-0.05, 0) is 18.2 Å². The Balaban J connectivity index is 2.07. The van der Waals surface area contributed by atoms with Crippen LogP contribution in [0, 0.1) is 0 Å². The molecule has 0 unspecified atom stereocenters. The largest absolute Gasteiger partial charge is 0.504 e. The number of carbonyl (C=O) groups is 1. The van der Waals surface area contributed by atoms with Crippen molar-refractivity contribution in [2.24, 2.45) is 5.73 Å². The minimum Gasteiger partial charge on any atom is -0.504 e. The summed E-state index contributed by atoms with van der Waals surface area (Å²) in [6, 6.07) is 8.27. The first kappa shape index (κ1) is 13.6. The summed E-state index contributed by atoms with van der Waals surface area (Å²) in [4.78, 5) is 10.9. The van der Waals surface area contributed by atoms with Crippen molar-refractivity contribution in [3.63, 3.8) is 0 Å². The van der Waals surface area contributed by atoms with Gasteiger partial charge in [0.1, 0.15) is 5.82 Å². The second-order valence-corrected chi connectivity index (χ2v) is 3.99. The summed E-state index contributed by atoms with van der Waals surface area (Å²) < 4.78 is 5.02. The third kappa shape index (κ3) is 2.94. The predicted octanol–water partition coefficient (Wildman–Crippen LogP) is 0.902. The van der Waals surface area contributed by atoms with Crippen LogP contribution in [0.25, 0.3) is 0 Å². The summed E-state index contributed by atoms with van der Waals surface area (Å²) in [5.74, 6) is 0.315. The highest BCUT2D eigenvalue weighted by Gasteiger charge is 2.08. The summed E-state index contributed by atoms with van der Waals surface area (Å²) >= 11 is 0. The molecule has 0 bridgehead atoms. The fourth-order valence-corrected chi connectivity index (χ4v) is 1.62. The average molecular weight is 274 g/mol. The van der Waals surface area contributed by atoms with E-state index in [0.717, 1.165) is 0 Å². The van der Waals surface area contributed by atoms with Gasteiger partial charge in [-0.3, -0.25) is 4.79 Å². The predicted molar refractivity (Wildman–Crippen MR) is 72.5 cm³/mol. The molecule has 0 spiro atoms. The lowest BCUT2D eigenvalue weighted by molar-refractivity contribution is 0.0994. The van der Waals surface area contributed by atoms with Crippen LogP contribution in [0.4, 0.5) is 5.82 Å². The maximum absolute atomic E-state index is 10.9. The molecule has 1 aromatic carbocycles. The Morgan fingerprint density at radius 2 is 2.15 bits per heavy atom. The maximum atomic E-state index is 10.9. The molecule has 7 heteroatoms. The summed E-state index contributed by atoms with van der Waals surface area (Å²) in [6.07, 6.45) is 0. The van der Waals surface area contributed by atoms with Crippen molar-refractivity contribution in [1.29, 1.82) is 0 Å². The summed E-state index contributed by atoms with van der Waals surface area (Å²) in [5, 5.41) is 20.4. The number of anilines is 1. The second kappa shape index (κ2) is 5.87. The molecule has 0 saturated carbocycles. The van der Waals surface area contributed by atoms with Crippen LogP contribution in [-0.4, -0.2) is 28.3 Å². The van der Waals surface area contributed by atoms with Crippen LogP contribution in [0.1, 0.15) is 16.1 Å². The zero-order valence-corrected chi connectivity index (χ0v) is 10.8. The molecule has 104 valence electrons. The number of nitrogens with zero attached hydrogens (tertiary/aromatic N) is 2. The standard InChI is InChI=1S/C13H14N4O3/c1-20-10-4-2-3-8(12(10)18)7-15-11-6-5-9(13(14)19)16-17-11/h2-6,18H,7H2,1H3,(H2,14,19)(H,15,17). The Labute approximate surface area is 115 Å². The van der Waals surface area contributed by atoms with Crippen molar-refractivity contribution < 1.29 is 14.6 Å². The maximum Gasteiger partial charge on any atom is 0.269 e. The number of benzene rings is 1. The van der Waals surface area contributed by atoms with Gasteiger partial charge >= 0.3 is 0 Å². The molecule has 1 aromatic heterocycles. The van der Waals surface area contributed by atoms with E-state index in [1.165, 1.54) is 13.2 Å². The quantitative estimate of drug-likeness (QED) is 0.747. The van der Waals surface area contributed by atoms with Gasteiger partial charge in [0.15, 0.2) is 17.2 Å². The molecule has 1 heterocycles. The normalized spacial score (nSPS) is 10.1. The van der Waals surface area contributed by atoms with Crippen LogP contribution >= 0.6 is 0 Å². The number of aromatic nitrogens is 2. The molecule has 20 heavy (non-hydrogen) atoms. The van der Waals surface area contributed by atoms with Crippen molar-refractivity contribution >= 4 is 11.7 Å². The zero-order chi connectivity index (χ0) is 14.5. The van der Waals surface area contributed by atoms with Crippen LogP contribution in [0.3, 0.4) is 0 Å². The van der Waals surface area contributed by atoms with Gasteiger partial charge in [0, 0.05) is 12.1 Å². The third-order valence-corrected chi connectivity index (χ3v) is 2.68. The first-order valence-electron chi connectivity index (χ1n) is 5.84. The Hall–Kier alpha value is -2.83. The van der Waals surface area contributed by atoms with Gasteiger partial charge in [-0.15, -0.1) is 10.2 Å². The number of phenols is 1. The van der Waals surface area contributed by atoms with Crippen molar-refractivity contribution in [1.82, 2.24) is 10.2 Å². The number of hydrogen-bond acceptors (Lipinski definition) is 6. The number of hydrogen-bond donors (Lipinski definition) is 3. The monoisotopic (exact) mass is 274 g/mol. The highest BCUT2D eigenvalue weighted by molar-refractivity contribution is 5.90. The molecular formula is C13H14N4O3. The van der Waals surface area contributed by atoms with Gasteiger partial charge in [-0.1, -0.05) is 12.1 Å². The lowest BCUT2D eigenvalue weighted by atomic mass is 10.2. The summed E-state index contributed by atoms with van der Waals surface area (Å²) in [7, 11) is 1.49. The third-order valence-electron chi connectivity index (χ3n) is 2.68. The van der Waals surface area contributed by atoms with E-state index in [0.29, 0.717) is 23.7 Å². The molecule has 0 aliphatic rings. The van der Waals surface area contributed by atoms with Crippen molar-refractivity contribution in [2.45, 2.75) is 6.54 Å². The number of nitrogens with two attached hydrogens (primary N) is 1. The number of ether oxygens (including phenoxy) is 1. The van der Waals surface area contributed by atoms with E-state index in [-0.39, 0.29) is 11.4 Å². The first-order chi connectivity index (χ1) is 9.61. The Morgan fingerprint density at radius 3 is 2.75 bits per heavy atom. The van der Waals surface area contributed by atoms with E-state index in [1.807, 2.05) is 0 Å². The van der Waals surface area contributed by atoms with E-state index >= 15 is 0 Å². The fraction of sp³-hybridized carbons (Fsp3) is 0.154. The van der Waals surface area contributed by atoms with Crippen molar-refractivity contribution in [3.8, 4) is 11.5 Å². The Morgan fingerprint density at radius 1 is 1.35 bits per heavy atom. The molecule has 0 atom stereocenters. The van der Waals surface area contributed by atoms with Crippen LogP contribution in [0.2, 0.25) is 0 Å². The minimum atomic E-state index is -0.630. The second-order valence-electron chi connectivity index (χ2n) is 3.99. The zero-order valence-electron chi connectivity index (χ0n) is 10.8. The van der Waals surface area contributed by atoms with Gasteiger partial charge in [0.25, 0.3) is 5.91 Å². The molecule has 2 aromatic rings. The van der Waals surface area contributed by atoms with E-state index in [1.54, 1.807) is 24.3 Å². The van der Waals surface area contributed by atoms with Crippen LogP contribution in [0.15, 0.2) is 30.3 Å². The molecule has 2 rings (SSSR count). The topological polar surface area (TPSA) is 110 Å². The number of carbonyl (C=O) groups excluding carboxylic acids is 1. The molecule has 0 aliphatic carbocycles. The number of para-hydroxylation sites is 1. The number of phenolic OH excluding ortho intramolecular Hbond substituents is 1. The molecule has 0 aliphatic heterocycles. The molecule has 0 fully saturated rings. The van der Waals surface area contributed by atoms with Gasteiger partial charge in [0.05, 0.1) is 7.11 Å². The van der Waals surface area contributed by atoms with Gasteiger partial charge in [-0.25, -0.2) is 0 Å². The fourth-order valence-electron chi connectivity index (χ4n) is 1.62. The van der Waals surface area contributed by atoms with Gasteiger partial charge < -0.3 is 20.9 Å². The summed E-state index contributed by atoms with van der Waals surface area (Å²) in [5.41, 5.74) is 5.83. The Kier molecular flexibility index (Phi) is 3.99. The lowest BCUT2D eigenvalue weighted by Gasteiger charge is -2.09. The number of methoxy groups -OCH3 is 1. The number of primary amides is 1. The number of nitrogens with one attached hydrogen (secondary N) is 1. The van der Waals surface area contributed by atoms with Crippen LogP contribution in [0.5, 0.6) is 11.5 Å². The number of aromatic hydroxyl groups is 1. The van der Waals surface area contributed by atoms with Gasteiger partial charge in [-0.2, -0.15) is 0 Å². The lowest BCUT2D eigenvalue weighted by Crippen LogP contribution is -2.14. The van der Waals surface area contributed by atoms with E-state index < -0.39 is 5.91 Å². The molecule has 0 radical (unpaired) electrons.